The molecule has 2 aromatic rings. The molecule has 0 spiro atoms. The van der Waals surface area contributed by atoms with Gasteiger partial charge in [0.25, 0.3) is 0 Å². The number of benzene rings is 1. The fraction of sp³-hybridized carbons (Fsp3) is 0.250. The van der Waals surface area contributed by atoms with Gasteiger partial charge >= 0.3 is 6.36 Å². The lowest BCUT2D eigenvalue weighted by Crippen LogP contribution is -2.18. The van der Waals surface area contributed by atoms with E-state index in [0.717, 1.165) is 0 Å². The molecule has 0 saturated heterocycles. The quantitative estimate of drug-likeness (QED) is 0.856. The van der Waals surface area contributed by atoms with Gasteiger partial charge in [-0.1, -0.05) is 18.2 Å². The molecule has 3 rings (SSSR count). The summed E-state index contributed by atoms with van der Waals surface area (Å²) in [5.41, 5.74) is 6.33. The fourth-order valence-electron chi connectivity index (χ4n) is 2.55. The Morgan fingerprint density at radius 1 is 1.24 bits per heavy atom. The van der Waals surface area contributed by atoms with Crippen LogP contribution in [-0.2, 0) is 4.79 Å². The zero-order valence-electron chi connectivity index (χ0n) is 12.8. The number of para-hydroxylation sites is 1. The van der Waals surface area contributed by atoms with Gasteiger partial charge in [-0.2, -0.15) is 0 Å². The minimum Gasteiger partial charge on any atom is -0.405 e. The van der Waals surface area contributed by atoms with E-state index in [1.165, 1.54) is 18.3 Å². The third-order valence-corrected chi connectivity index (χ3v) is 3.73. The number of alkyl halides is 3. The number of aromatic nitrogens is 1. The zero-order valence-corrected chi connectivity index (χ0v) is 13.6. The lowest BCUT2D eigenvalue weighted by molar-refractivity contribution is -0.274. The molecule has 25 heavy (non-hydrogen) atoms. The topological polar surface area (TPSA) is 77.2 Å². The summed E-state index contributed by atoms with van der Waals surface area (Å²) in [5.74, 6) is -0.908. The Morgan fingerprint density at radius 3 is 2.60 bits per heavy atom. The normalized spacial score (nSPS) is 18.8. The molecule has 9 heteroatoms. The Hall–Kier alpha value is -2.48. The maximum atomic E-state index is 12.5. The molecule has 1 aliphatic carbocycles. The van der Waals surface area contributed by atoms with Crippen LogP contribution in [0.2, 0.25) is 0 Å². The number of amides is 1. The van der Waals surface area contributed by atoms with Crippen molar-refractivity contribution in [2.75, 3.05) is 11.1 Å². The number of anilines is 2. The van der Waals surface area contributed by atoms with Crippen molar-refractivity contribution >= 4 is 29.8 Å². The average Bonchev–Trinajstić information content (AvgIpc) is 3.29. The number of ether oxygens (including phenoxy) is 1. The summed E-state index contributed by atoms with van der Waals surface area (Å²) in [6.07, 6.45) is -2.88. The molecule has 1 saturated carbocycles. The van der Waals surface area contributed by atoms with Crippen LogP contribution in [0.3, 0.4) is 0 Å². The zero-order chi connectivity index (χ0) is 17.3. The third kappa shape index (κ3) is 4.76. The molecule has 1 heterocycles. The van der Waals surface area contributed by atoms with Crippen LogP contribution in [0, 0.1) is 5.92 Å². The first kappa shape index (κ1) is 18.9. The van der Waals surface area contributed by atoms with Gasteiger partial charge in [0, 0.05) is 5.92 Å². The number of nitrogens with zero attached hydrogens (tertiary/aromatic N) is 1. The summed E-state index contributed by atoms with van der Waals surface area (Å²) in [7, 11) is 0. The molecule has 1 fully saturated rings. The second-order valence-electron chi connectivity index (χ2n) is 5.50. The Morgan fingerprint density at radius 2 is 1.96 bits per heavy atom. The van der Waals surface area contributed by atoms with Crippen molar-refractivity contribution in [1.29, 1.82) is 0 Å². The molecule has 1 amide bonds. The summed E-state index contributed by atoms with van der Waals surface area (Å²) >= 11 is 0. The maximum Gasteiger partial charge on any atom is 0.573 e. The highest BCUT2D eigenvalue weighted by Crippen LogP contribution is 2.51. The van der Waals surface area contributed by atoms with Crippen molar-refractivity contribution in [2.24, 2.45) is 5.92 Å². The summed E-state index contributed by atoms with van der Waals surface area (Å²) in [6.45, 7) is 0. The molecular weight excluding hydrogens is 359 g/mol. The molecule has 1 aromatic carbocycles. The second kappa shape index (κ2) is 7.18. The number of nitrogen functional groups attached to an aromatic ring is 1. The molecule has 2 unspecified atom stereocenters. The molecule has 0 aliphatic heterocycles. The van der Waals surface area contributed by atoms with Gasteiger partial charge in [0.15, 0.2) is 0 Å². The van der Waals surface area contributed by atoms with Gasteiger partial charge in [-0.25, -0.2) is 4.98 Å². The first-order valence-corrected chi connectivity index (χ1v) is 7.20. The van der Waals surface area contributed by atoms with Crippen molar-refractivity contribution in [1.82, 2.24) is 4.98 Å². The summed E-state index contributed by atoms with van der Waals surface area (Å²) < 4.78 is 41.4. The number of pyridine rings is 1. The van der Waals surface area contributed by atoms with Gasteiger partial charge in [-0.3, -0.25) is 4.79 Å². The largest absolute Gasteiger partial charge is 0.573 e. The van der Waals surface area contributed by atoms with Gasteiger partial charge in [-0.05, 0) is 36.1 Å². The lowest BCUT2D eigenvalue weighted by atomic mass is 10.1. The van der Waals surface area contributed by atoms with E-state index in [0.29, 0.717) is 23.5 Å². The Kier molecular flexibility index (Phi) is 5.42. The number of rotatable bonds is 4. The van der Waals surface area contributed by atoms with Gasteiger partial charge in [0.2, 0.25) is 5.91 Å². The number of hydrogen-bond donors (Lipinski definition) is 2. The predicted molar refractivity (Wildman–Crippen MR) is 88.5 cm³/mol. The SMILES string of the molecule is Cl.Nc1ccc(NC(=O)C2CC2c2ccccc2OC(F)(F)F)cn1. The van der Waals surface area contributed by atoms with Crippen molar-refractivity contribution in [3.8, 4) is 5.75 Å². The number of nitrogens with one attached hydrogen (secondary N) is 1. The molecule has 3 N–H and O–H groups in total. The van der Waals surface area contributed by atoms with E-state index in [9.17, 15) is 18.0 Å². The van der Waals surface area contributed by atoms with E-state index in [4.69, 9.17) is 5.73 Å². The number of carbonyl (C=O) groups excluding carboxylic acids is 1. The van der Waals surface area contributed by atoms with E-state index in [1.807, 2.05) is 0 Å². The van der Waals surface area contributed by atoms with E-state index < -0.39 is 12.3 Å². The standard InChI is InChI=1S/C16H14F3N3O2.ClH/c17-16(18,19)24-13-4-2-1-3-10(13)11-7-12(11)15(23)22-9-5-6-14(20)21-8-9;/h1-6,8,11-12H,7H2,(H2,20,21)(H,22,23);1H. The molecule has 2 atom stereocenters. The van der Waals surface area contributed by atoms with Crippen LogP contribution in [0.15, 0.2) is 42.6 Å². The Bertz CT molecular complexity index is 753. The third-order valence-electron chi connectivity index (χ3n) is 3.73. The Labute approximate surface area is 147 Å². The van der Waals surface area contributed by atoms with Crippen LogP contribution >= 0.6 is 12.4 Å². The van der Waals surface area contributed by atoms with Gasteiger partial charge in [-0.15, -0.1) is 25.6 Å². The molecule has 134 valence electrons. The van der Waals surface area contributed by atoms with Gasteiger partial charge < -0.3 is 15.8 Å². The van der Waals surface area contributed by atoms with E-state index in [1.54, 1.807) is 24.3 Å². The summed E-state index contributed by atoms with van der Waals surface area (Å²) in [6, 6.07) is 9.03. The highest BCUT2D eigenvalue weighted by atomic mass is 35.5. The van der Waals surface area contributed by atoms with E-state index in [2.05, 4.69) is 15.0 Å². The van der Waals surface area contributed by atoms with Crippen molar-refractivity contribution in [2.45, 2.75) is 18.7 Å². The molecule has 0 radical (unpaired) electrons. The molecule has 0 bridgehead atoms. The summed E-state index contributed by atoms with van der Waals surface area (Å²) in [4.78, 5) is 16.1. The number of hydrogen-bond acceptors (Lipinski definition) is 4. The molecule has 5 nitrogen and oxygen atoms in total. The molecular formula is C16H15ClF3N3O2. The van der Waals surface area contributed by atoms with Crippen molar-refractivity contribution in [3.05, 3.63) is 48.2 Å². The maximum absolute atomic E-state index is 12.5. The van der Waals surface area contributed by atoms with Gasteiger partial charge in [0.1, 0.15) is 11.6 Å². The predicted octanol–water partition coefficient (Wildman–Crippen LogP) is 3.73. The average molecular weight is 374 g/mol. The Balaban J connectivity index is 0.00000225. The van der Waals surface area contributed by atoms with Crippen LogP contribution < -0.4 is 15.8 Å². The monoisotopic (exact) mass is 373 g/mol. The fourth-order valence-corrected chi connectivity index (χ4v) is 2.55. The van der Waals surface area contributed by atoms with Crippen LogP contribution in [0.5, 0.6) is 5.75 Å². The number of nitrogens with two attached hydrogens (primary N) is 1. The van der Waals surface area contributed by atoms with Crippen molar-refractivity contribution < 1.29 is 22.7 Å². The van der Waals surface area contributed by atoms with E-state index >= 15 is 0 Å². The number of halogens is 4. The van der Waals surface area contributed by atoms with Gasteiger partial charge in [0.05, 0.1) is 11.9 Å². The molecule has 1 aromatic heterocycles. The van der Waals surface area contributed by atoms with Crippen LogP contribution in [0.4, 0.5) is 24.7 Å². The molecule has 1 aliphatic rings. The van der Waals surface area contributed by atoms with Crippen LogP contribution in [-0.4, -0.2) is 17.3 Å². The highest BCUT2D eigenvalue weighted by Gasteiger charge is 2.46. The van der Waals surface area contributed by atoms with Crippen molar-refractivity contribution in [3.63, 3.8) is 0 Å². The first-order chi connectivity index (χ1) is 11.3. The first-order valence-electron chi connectivity index (χ1n) is 7.20. The van der Waals surface area contributed by atoms with Crippen LogP contribution in [0.1, 0.15) is 17.9 Å². The highest BCUT2D eigenvalue weighted by molar-refractivity contribution is 5.95. The summed E-state index contributed by atoms with van der Waals surface area (Å²) in [5, 5.41) is 2.68. The second-order valence-corrected chi connectivity index (χ2v) is 5.50. The van der Waals surface area contributed by atoms with E-state index in [-0.39, 0.29) is 30.0 Å². The number of carbonyl (C=O) groups is 1. The lowest BCUT2D eigenvalue weighted by Gasteiger charge is -2.13. The minimum atomic E-state index is -4.77. The van der Waals surface area contributed by atoms with Crippen LogP contribution in [0.25, 0.3) is 0 Å². The smallest absolute Gasteiger partial charge is 0.405 e. The minimum absolute atomic E-state index is 0.